The van der Waals surface area contributed by atoms with Crippen molar-refractivity contribution in [1.82, 2.24) is 4.31 Å². The summed E-state index contributed by atoms with van der Waals surface area (Å²) in [6.07, 6.45) is 0. The molecule has 0 spiro atoms. The van der Waals surface area contributed by atoms with Crippen LogP contribution < -0.4 is 14.4 Å². The van der Waals surface area contributed by atoms with E-state index in [9.17, 15) is 8.42 Å². The van der Waals surface area contributed by atoms with Crippen molar-refractivity contribution in [3.8, 4) is 11.5 Å². The van der Waals surface area contributed by atoms with Gasteiger partial charge in [0.1, 0.15) is 0 Å². The molecule has 0 bridgehead atoms. The maximum Gasteiger partial charge on any atom is 0.305 e. The molecule has 6 rings (SSSR count). The maximum atomic E-state index is 13.6. The molecule has 2 heterocycles. The molecule has 8 heteroatoms. The number of ether oxygens (including phenoxy) is 2. The number of para-hydroxylation sites is 1. The Kier molecular flexibility index (Phi) is 6.07. The third kappa shape index (κ3) is 4.23. The first-order valence-corrected chi connectivity index (χ1v) is 13.9. The number of rotatable bonds is 5. The highest BCUT2D eigenvalue weighted by Gasteiger charge is 2.46. The van der Waals surface area contributed by atoms with Crippen molar-refractivity contribution in [2.24, 2.45) is 0 Å². The summed E-state index contributed by atoms with van der Waals surface area (Å²) in [5.74, 6) is -0.313. The van der Waals surface area contributed by atoms with Crippen LogP contribution in [0.4, 0.5) is 5.69 Å². The van der Waals surface area contributed by atoms with E-state index >= 15 is 0 Å². The molecule has 4 aromatic rings. The lowest BCUT2D eigenvalue weighted by Gasteiger charge is -2.35. The Bertz CT molecular complexity index is 1480. The summed E-state index contributed by atoms with van der Waals surface area (Å²) in [4.78, 5) is 2.29. The van der Waals surface area contributed by atoms with Crippen molar-refractivity contribution in [3.05, 3.63) is 119 Å². The summed E-state index contributed by atoms with van der Waals surface area (Å²) in [6.45, 7) is 1.83. The highest BCUT2D eigenvalue weighted by Crippen LogP contribution is 2.48. The fourth-order valence-electron chi connectivity index (χ4n) is 4.89. The number of halogens is 1. The van der Waals surface area contributed by atoms with Gasteiger partial charge in [0.25, 0.3) is 0 Å². The van der Waals surface area contributed by atoms with Crippen LogP contribution in [-0.2, 0) is 15.8 Å². The van der Waals surface area contributed by atoms with Gasteiger partial charge in [0, 0.05) is 43.4 Å². The molecule has 188 valence electrons. The van der Waals surface area contributed by atoms with Crippen molar-refractivity contribution >= 4 is 27.3 Å². The van der Waals surface area contributed by atoms with E-state index in [4.69, 9.17) is 21.1 Å². The van der Waals surface area contributed by atoms with Crippen molar-refractivity contribution in [2.45, 2.75) is 10.7 Å². The lowest BCUT2D eigenvalue weighted by atomic mass is 9.97. The smallest absolute Gasteiger partial charge is 0.305 e. The van der Waals surface area contributed by atoms with Crippen molar-refractivity contribution < 1.29 is 17.9 Å². The minimum Gasteiger partial charge on any atom is -0.440 e. The Hall–Kier alpha value is -3.52. The van der Waals surface area contributed by atoms with Gasteiger partial charge >= 0.3 is 5.79 Å². The maximum absolute atomic E-state index is 13.6. The molecule has 0 radical (unpaired) electrons. The molecule has 1 fully saturated rings. The highest BCUT2D eigenvalue weighted by molar-refractivity contribution is 7.89. The summed E-state index contributed by atoms with van der Waals surface area (Å²) in [5, 5.41) is 0.662. The second-order valence-corrected chi connectivity index (χ2v) is 11.3. The number of fused-ring (bicyclic) bond motifs is 1. The summed E-state index contributed by atoms with van der Waals surface area (Å²) < 4.78 is 41.5. The van der Waals surface area contributed by atoms with Gasteiger partial charge in [-0.15, -0.1) is 0 Å². The average molecular weight is 533 g/mol. The molecule has 0 amide bonds. The van der Waals surface area contributed by atoms with Gasteiger partial charge in [-0.25, -0.2) is 8.42 Å². The summed E-state index contributed by atoms with van der Waals surface area (Å²) in [7, 11) is -3.73. The predicted molar refractivity (Wildman–Crippen MR) is 144 cm³/mol. The van der Waals surface area contributed by atoms with Crippen LogP contribution in [-0.4, -0.2) is 38.9 Å². The van der Waals surface area contributed by atoms with Gasteiger partial charge in [0.2, 0.25) is 10.0 Å². The fraction of sp³-hybridized carbons (Fsp3) is 0.172. The molecule has 1 saturated heterocycles. The van der Waals surface area contributed by atoms with Gasteiger partial charge in [0.05, 0.1) is 15.6 Å². The zero-order valence-electron chi connectivity index (χ0n) is 20.0. The van der Waals surface area contributed by atoms with E-state index in [1.807, 2.05) is 84.9 Å². The number of piperazine rings is 1. The number of nitrogens with zero attached hydrogens (tertiary/aromatic N) is 2. The Morgan fingerprint density at radius 2 is 1.24 bits per heavy atom. The van der Waals surface area contributed by atoms with E-state index in [1.54, 1.807) is 18.2 Å². The molecule has 6 nitrogen and oxygen atoms in total. The van der Waals surface area contributed by atoms with Gasteiger partial charge in [-0.1, -0.05) is 84.4 Å². The third-order valence-electron chi connectivity index (χ3n) is 6.80. The van der Waals surface area contributed by atoms with Crippen LogP contribution in [0.15, 0.2) is 108 Å². The van der Waals surface area contributed by atoms with Crippen molar-refractivity contribution in [1.29, 1.82) is 0 Å². The zero-order chi connectivity index (χ0) is 25.5. The van der Waals surface area contributed by atoms with Gasteiger partial charge in [-0.2, -0.15) is 4.31 Å². The molecular weight excluding hydrogens is 508 g/mol. The normalized spacial score (nSPS) is 17.1. The third-order valence-corrected chi connectivity index (χ3v) is 9.01. The molecule has 0 aromatic heterocycles. The van der Waals surface area contributed by atoms with Crippen LogP contribution in [0.1, 0.15) is 11.1 Å². The van der Waals surface area contributed by atoms with E-state index in [2.05, 4.69) is 4.90 Å². The summed E-state index contributed by atoms with van der Waals surface area (Å²) in [6, 6.07) is 31.8. The number of hydrogen-bond donors (Lipinski definition) is 0. The number of hydrogen-bond acceptors (Lipinski definition) is 5. The quantitative estimate of drug-likeness (QED) is 0.338. The standard InChI is InChI=1S/C29H25ClN2O4S/c30-25-13-7-8-14-26(25)31-17-19-32(20-18-31)37(33,34)24-15-16-27-28(21-24)36-29(35-27,22-9-3-1-4-10-22)23-11-5-2-6-12-23/h1-16,21H,17-20H2. The van der Waals surface area contributed by atoms with Crippen LogP contribution in [0.5, 0.6) is 11.5 Å². The van der Waals surface area contributed by atoms with Crippen LogP contribution >= 0.6 is 11.6 Å². The van der Waals surface area contributed by atoms with Crippen molar-refractivity contribution in [3.63, 3.8) is 0 Å². The highest BCUT2D eigenvalue weighted by atomic mass is 35.5. The molecule has 2 aliphatic heterocycles. The van der Waals surface area contributed by atoms with Crippen molar-refractivity contribution in [2.75, 3.05) is 31.1 Å². The van der Waals surface area contributed by atoms with Gasteiger partial charge in [0.15, 0.2) is 11.5 Å². The predicted octanol–water partition coefficient (Wildman–Crippen LogP) is 5.52. The molecule has 2 aliphatic rings. The van der Waals surface area contributed by atoms with Crippen LogP contribution in [0, 0.1) is 0 Å². The number of benzene rings is 4. The van der Waals surface area contributed by atoms with E-state index in [0.29, 0.717) is 42.7 Å². The van der Waals surface area contributed by atoms with Gasteiger partial charge < -0.3 is 14.4 Å². The van der Waals surface area contributed by atoms with Gasteiger partial charge in [-0.3, -0.25) is 0 Å². The lowest BCUT2D eigenvalue weighted by Crippen LogP contribution is -2.48. The fourth-order valence-corrected chi connectivity index (χ4v) is 6.58. The molecular formula is C29H25ClN2O4S. The van der Waals surface area contributed by atoms with E-state index in [-0.39, 0.29) is 4.90 Å². The summed E-state index contributed by atoms with van der Waals surface area (Å²) >= 11 is 6.35. The van der Waals surface area contributed by atoms with Gasteiger partial charge in [-0.05, 0) is 24.3 Å². The Labute approximate surface area is 221 Å². The Morgan fingerprint density at radius 3 is 1.86 bits per heavy atom. The SMILES string of the molecule is O=S(=O)(c1ccc2c(c1)OC(c1ccccc1)(c1ccccc1)O2)N1CCN(c2ccccc2Cl)CC1. The molecule has 0 atom stereocenters. The largest absolute Gasteiger partial charge is 0.440 e. The first-order valence-electron chi connectivity index (χ1n) is 12.1. The van der Waals surface area contributed by atoms with Crippen LogP contribution in [0.25, 0.3) is 0 Å². The molecule has 4 aromatic carbocycles. The first-order chi connectivity index (χ1) is 18.0. The second-order valence-electron chi connectivity index (χ2n) is 9.00. The minimum atomic E-state index is -3.73. The van der Waals surface area contributed by atoms with E-state index in [0.717, 1.165) is 16.8 Å². The van der Waals surface area contributed by atoms with Crippen LogP contribution in [0.2, 0.25) is 5.02 Å². The first kappa shape index (κ1) is 23.9. The molecule has 0 N–H and O–H groups in total. The van der Waals surface area contributed by atoms with E-state index in [1.165, 1.54) is 4.31 Å². The monoisotopic (exact) mass is 532 g/mol. The van der Waals surface area contributed by atoms with Crippen LogP contribution in [0.3, 0.4) is 0 Å². The molecule has 0 unspecified atom stereocenters. The topological polar surface area (TPSA) is 59.1 Å². The zero-order valence-corrected chi connectivity index (χ0v) is 21.5. The Balaban J connectivity index is 1.27. The molecule has 37 heavy (non-hydrogen) atoms. The molecule has 0 aliphatic carbocycles. The Morgan fingerprint density at radius 1 is 0.676 bits per heavy atom. The number of sulfonamides is 1. The number of anilines is 1. The second kappa shape index (κ2) is 9.41. The lowest BCUT2D eigenvalue weighted by molar-refractivity contribution is -0.0459. The molecule has 0 saturated carbocycles. The minimum absolute atomic E-state index is 0.179. The average Bonchev–Trinajstić information content (AvgIpc) is 3.35. The summed E-state index contributed by atoms with van der Waals surface area (Å²) in [5.41, 5.74) is 2.55. The van der Waals surface area contributed by atoms with E-state index < -0.39 is 15.8 Å².